The second kappa shape index (κ2) is 4.92. The van der Waals surface area contributed by atoms with Gasteiger partial charge in [0.25, 0.3) is 5.91 Å². The Morgan fingerprint density at radius 2 is 2.35 bits per heavy atom. The van der Waals surface area contributed by atoms with Gasteiger partial charge in [0.15, 0.2) is 0 Å². The Balaban J connectivity index is 2.09. The number of carbonyl (C=O) groups is 1. The van der Waals surface area contributed by atoms with Crippen LogP contribution in [0.25, 0.3) is 0 Å². The van der Waals surface area contributed by atoms with Crippen LogP contribution >= 0.6 is 11.3 Å². The Hall–Kier alpha value is -1.95. The summed E-state index contributed by atoms with van der Waals surface area (Å²) in [4.78, 5) is 21.4. The second-order valence-corrected chi connectivity index (χ2v) is 4.29. The largest absolute Gasteiger partial charge is 0.506 e. The fraction of sp³-hybridized carbons (Fsp3) is 0.182. The summed E-state index contributed by atoms with van der Waals surface area (Å²) in [5.41, 5.74) is 2.94. The molecule has 0 fully saturated rings. The number of hydrogen-bond donors (Lipinski definition) is 1. The first kappa shape index (κ1) is 11.5. The SMILES string of the molecule is CN(Cc1cscn1)C(=O)c1cncc(O)c1. The first-order chi connectivity index (χ1) is 8.16. The zero-order valence-electron chi connectivity index (χ0n) is 9.20. The smallest absolute Gasteiger partial charge is 0.255 e. The van der Waals surface area contributed by atoms with Gasteiger partial charge in [0, 0.05) is 18.6 Å². The molecule has 0 radical (unpaired) electrons. The van der Waals surface area contributed by atoms with Gasteiger partial charge in [-0.2, -0.15) is 0 Å². The number of carbonyl (C=O) groups excluding carboxylic acids is 1. The molecule has 2 aromatic rings. The zero-order valence-corrected chi connectivity index (χ0v) is 10.0. The molecule has 2 heterocycles. The Morgan fingerprint density at radius 1 is 1.53 bits per heavy atom. The zero-order chi connectivity index (χ0) is 12.3. The molecule has 0 bridgehead atoms. The molecule has 2 aromatic heterocycles. The van der Waals surface area contributed by atoms with Gasteiger partial charge >= 0.3 is 0 Å². The van der Waals surface area contributed by atoms with E-state index in [0.29, 0.717) is 12.1 Å². The lowest BCUT2D eigenvalue weighted by Crippen LogP contribution is -2.26. The summed E-state index contributed by atoms with van der Waals surface area (Å²) in [6.45, 7) is 0.442. The lowest BCUT2D eigenvalue weighted by atomic mass is 10.2. The summed E-state index contributed by atoms with van der Waals surface area (Å²) in [6.07, 6.45) is 2.72. The van der Waals surface area contributed by atoms with Crippen molar-refractivity contribution in [1.29, 1.82) is 0 Å². The molecule has 0 aromatic carbocycles. The molecule has 0 aliphatic heterocycles. The first-order valence-electron chi connectivity index (χ1n) is 4.93. The van der Waals surface area contributed by atoms with Crippen LogP contribution in [-0.4, -0.2) is 32.9 Å². The van der Waals surface area contributed by atoms with Crippen LogP contribution in [0.2, 0.25) is 0 Å². The molecule has 5 nitrogen and oxygen atoms in total. The molecule has 0 aliphatic rings. The summed E-state index contributed by atoms with van der Waals surface area (Å²) in [5, 5.41) is 11.1. The maximum Gasteiger partial charge on any atom is 0.255 e. The van der Waals surface area contributed by atoms with Gasteiger partial charge in [0.05, 0.1) is 29.5 Å². The second-order valence-electron chi connectivity index (χ2n) is 3.57. The molecule has 1 N–H and O–H groups in total. The number of rotatable bonds is 3. The fourth-order valence-corrected chi connectivity index (χ4v) is 1.95. The number of pyridine rings is 1. The maximum atomic E-state index is 12.0. The van der Waals surface area contributed by atoms with E-state index in [0.717, 1.165) is 5.69 Å². The normalized spacial score (nSPS) is 10.2. The van der Waals surface area contributed by atoms with Crippen molar-refractivity contribution in [2.75, 3.05) is 7.05 Å². The molecular weight excluding hydrogens is 238 g/mol. The molecule has 88 valence electrons. The monoisotopic (exact) mass is 249 g/mol. The predicted molar refractivity (Wildman–Crippen MR) is 63.8 cm³/mol. The molecular formula is C11H11N3O2S. The minimum Gasteiger partial charge on any atom is -0.506 e. The van der Waals surface area contributed by atoms with Crippen molar-refractivity contribution in [2.24, 2.45) is 0 Å². The molecule has 17 heavy (non-hydrogen) atoms. The van der Waals surface area contributed by atoms with E-state index in [1.807, 2.05) is 5.38 Å². The third-order valence-electron chi connectivity index (χ3n) is 2.20. The molecule has 0 unspecified atom stereocenters. The van der Waals surface area contributed by atoms with Crippen LogP contribution in [0.1, 0.15) is 16.1 Å². The minimum atomic E-state index is -0.193. The van der Waals surface area contributed by atoms with Crippen molar-refractivity contribution < 1.29 is 9.90 Å². The molecule has 2 rings (SSSR count). The highest BCUT2D eigenvalue weighted by atomic mass is 32.1. The Kier molecular flexibility index (Phi) is 3.34. The Labute approximate surface area is 102 Å². The van der Waals surface area contributed by atoms with Crippen molar-refractivity contribution in [1.82, 2.24) is 14.9 Å². The van der Waals surface area contributed by atoms with Gasteiger partial charge in [-0.05, 0) is 6.07 Å². The molecule has 0 spiro atoms. The average Bonchev–Trinajstić information content (AvgIpc) is 2.80. The maximum absolute atomic E-state index is 12.0. The van der Waals surface area contributed by atoms with Crippen LogP contribution in [0.3, 0.4) is 0 Å². The van der Waals surface area contributed by atoms with Crippen LogP contribution in [-0.2, 0) is 6.54 Å². The Morgan fingerprint density at radius 3 is 3.00 bits per heavy atom. The molecule has 0 saturated carbocycles. The number of hydrogen-bond acceptors (Lipinski definition) is 5. The average molecular weight is 249 g/mol. The predicted octanol–water partition coefficient (Wildman–Crippen LogP) is 1.52. The molecule has 1 amide bonds. The van der Waals surface area contributed by atoms with Crippen LogP contribution in [0.15, 0.2) is 29.4 Å². The third-order valence-corrected chi connectivity index (χ3v) is 2.84. The lowest BCUT2D eigenvalue weighted by Gasteiger charge is -2.15. The number of amides is 1. The van der Waals surface area contributed by atoms with E-state index >= 15 is 0 Å². The highest BCUT2D eigenvalue weighted by Crippen LogP contribution is 2.12. The summed E-state index contributed by atoms with van der Waals surface area (Å²) in [5.74, 6) is -0.209. The van der Waals surface area contributed by atoms with E-state index in [2.05, 4.69) is 9.97 Å². The number of aromatic nitrogens is 2. The van der Waals surface area contributed by atoms with Crippen LogP contribution < -0.4 is 0 Å². The van der Waals surface area contributed by atoms with Gasteiger partial charge in [-0.15, -0.1) is 11.3 Å². The van der Waals surface area contributed by atoms with Gasteiger partial charge in [-0.3, -0.25) is 9.78 Å². The van der Waals surface area contributed by atoms with E-state index in [9.17, 15) is 9.90 Å². The van der Waals surface area contributed by atoms with Crippen LogP contribution in [0.5, 0.6) is 5.75 Å². The lowest BCUT2D eigenvalue weighted by molar-refractivity contribution is 0.0783. The summed E-state index contributed by atoms with van der Waals surface area (Å²) < 4.78 is 0. The molecule has 0 aliphatic carbocycles. The topological polar surface area (TPSA) is 66.3 Å². The minimum absolute atomic E-state index is 0.0158. The summed E-state index contributed by atoms with van der Waals surface area (Å²) in [7, 11) is 1.69. The first-order valence-corrected chi connectivity index (χ1v) is 5.87. The third kappa shape index (κ3) is 2.79. The number of nitrogens with zero attached hydrogens (tertiary/aromatic N) is 3. The Bertz CT molecular complexity index is 513. The molecule has 0 saturated heterocycles. The molecule has 0 atom stereocenters. The highest BCUT2D eigenvalue weighted by molar-refractivity contribution is 7.07. The fourth-order valence-electron chi connectivity index (χ4n) is 1.40. The summed E-state index contributed by atoms with van der Waals surface area (Å²) >= 11 is 1.49. The van der Waals surface area contributed by atoms with Crippen molar-refractivity contribution >= 4 is 17.2 Å². The van der Waals surface area contributed by atoms with E-state index in [-0.39, 0.29) is 11.7 Å². The van der Waals surface area contributed by atoms with Gasteiger partial charge < -0.3 is 10.0 Å². The van der Waals surface area contributed by atoms with Crippen molar-refractivity contribution in [3.63, 3.8) is 0 Å². The van der Waals surface area contributed by atoms with E-state index in [4.69, 9.17) is 0 Å². The number of aromatic hydroxyl groups is 1. The summed E-state index contributed by atoms with van der Waals surface area (Å²) in [6, 6.07) is 1.40. The van der Waals surface area contributed by atoms with Gasteiger partial charge in [-0.25, -0.2) is 4.98 Å². The van der Waals surface area contributed by atoms with Gasteiger partial charge in [-0.1, -0.05) is 0 Å². The van der Waals surface area contributed by atoms with Crippen LogP contribution in [0, 0.1) is 0 Å². The number of thiazole rings is 1. The van der Waals surface area contributed by atoms with Crippen molar-refractivity contribution in [2.45, 2.75) is 6.54 Å². The van der Waals surface area contributed by atoms with E-state index < -0.39 is 0 Å². The van der Waals surface area contributed by atoms with Gasteiger partial charge in [0.1, 0.15) is 5.75 Å². The standard InChI is InChI=1S/C11H11N3O2S/c1-14(5-9-6-17-7-13-9)11(16)8-2-10(15)4-12-3-8/h2-4,6-7,15H,5H2,1H3. The quantitative estimate of drug-likeness (QED) is 0.895. The van der Waals surface area contributed by atoms with Crippen molar-refractivity contribution in [3.05, 3.63) is 40.6 Å². The van der Waals surface area contributed by atoms with Crippen molar-refractivity contribution in [3.8, 4) is 5.75 Å². The molecule has 6 heteroatoms. The van der Waals surface area contributed by atoms with E-state index in [1.165, 1.54) is 34.7 Å². The van der Waals surface area contributed by atoms with Gasteiger partial charge in [0.2, 0.25) is 0 Å². The van der Waals surface area contributed by atoms with Crippen LogP contribution in [0.4, 0.5) is 0 Å². The van der Waals surface area contributed by atoms with E-state index in [1.54, 1.807) is 12.6 Å². The highest BCUT2D eigenvalue weighted by Gasteiger charge is 2.13.